The third kappa shape index (κ3) is 6.35. The van der Waals surface area contributed by atoms with Gasteiger partial charge in [-0.15, -0.1) is 0 Å². The fourth-order valence-electron chi connectivity index (χ4n) is 2.88. The molecule has 2 N–H and O–H groups in total. The number of hydrogen-bond acceptors (Lipinski definition) is 4. The molecule has 1 fully saturated rings. The molecule has 0 saturated carbocycles. The number of allylic oxidation sites excluding steroid dienone is 1. The van der Waals surface area contributed by atoms with Crippen LogP contribution >= 0.6 is 0 Å². The van der Waals surface area contributed by atoms with Gasteiger partial charge in [0.1, 0.15) is 11.5 Å². The van der Waals surface area contributed by atoms with Crippen LogP contribution < -0.4 is 15.4 Å². The summed E-state index contributed by atoms with van der Waals surface area (Å²) in [5.41, 5.74) is 0.714. The molecule has 0 aromatic heterocycles. The number of carbonyl (C=O) groups excluding carboxylic acids is 2. The van der Waals surface area contributed by atoms with Gasteiger partial charge in [0.25, 0.3) is 0 Å². The summed E-state index contributed by atoms with van der Waals surface area (Å²) in [6.45, 7) is 5.18. The maximum atomic E-state index is 12.2. The van der Waals surface area contributed by atoms with Crippen molar-refractivity contribution in [1.29, 1.82) is 0 Å². The average molecular weight is 344 g/mol. The van der Waals surface area contributed by atoms with Crippen molar-refractivity contribution in [2.45, 2.75) is 39.2 Å². The minimum atomic E-state index is -0.187. The predicted molar refractivity (Wildman–Crippen MR) is 99.7 cm³/mol. The number of amides is 1. The Hall–Kier alpha value is -2.14. The number of carbonyl (C=O) groups is 2. The molecular formula is C20H28N2O3. The highest BCUT2D eigenvalue weighted by Crippen LogP contribution is 2.20. The summed E-state index contributed by atoms with van der Waals surface area (Å²) in [6, 6.07) is 7.19. The number of ether oxygens (including phenoxy) is 1. The predicted octanol–water partition coefficient (Wildman–Crippen LogP) is 3.17. The molecule has 25 heavy (non-hydrogen) atoms. The van der Waals surface area contributed by atoms with Gasteiger partial charge >= 0.3 is 0 Å². The number of hydrogen-bond donors (Lipinski definition) is 2. The smallest absolute Gasteiger partial charge is 0.248 e. The van der Waals surface area contributed by atoms with E-state index in [-0.39, 0.29) is 23.7 Å². The van der Waals surface area contributed by atoms with Crippen LogP contribution in [-0.4, -0.2) is 31.4 Å². The van der Waals surface area contributed by atoms with Crippen LogP contribution in [0.15, 0.2) is 36.4 Å². The fourth-order valence-corrected chi connectivity index (χ4v) is 2.88. The summed E-state index contributed by atoms with van der Waals surface area (Å²) in [5, 5.41) is 5.97. The maximum Gasteiger partial charge on any atom is 0.248 e. The van der Waals surface area contributed by atoms with Crippen molar-refractivity contribution in [1.82, 2.24) is 5.32 Å². The summed E-state index contributed by atoms with van der Waals surface area (Å²) in [6.07, 6.45) is 5.72. The van der Waals surface area contributed by atoms with Gasteiger partial charge in [0.05, 0.1) is 13.2 Å². The molecule has 1 saturated heterocycles. The quantitative estimate of drug-likeness (QED) is 0.675. The molecule has 1 heterocycles. The van der Waals surface area contributed by atoms with Gasteiger partial charge in [-0.25, -0.2) is 0 Å². The van der Waals surface area contributed by atoms with E-state index in [4.69, 9.17) is 4.74 Å². The number of rotatable bonds is 9. The topological polar surface area (TPSA) is 67.4 Å². The molecular weight excluding hydrogens is 316 g/mol. The van der Waals surface area contributed by atoms with Crippen LogP contribution in [0.3, 0.4) is 0 Å². The minimum absolute atomic E-state index is 0.0104. The minimum Gasteiger partial charge on any atom is -0.497 e. The van der Waals surface area contributed by atoms with Gasteiger partial charge in [-0.2, -0.15) is 0 Å². The molecule has 1 aromatic rings. The normalized spacial score (nSPS) is 18.0. The maximum absolute atomic E-state index is 12.2. The first-order chi connectivity index (χ1) is 12.0. The van der Waals surface area contributed by atoms with Gasteiger partial charge in [-0.3, -0.25) is 9.59 Å². The van der Waals surface area contributed by atoms with Gasteiger partial charge < -0.3 is 15.4 Å². The summed E-state index contributed by atoms with van der Waals surface area (Å²) < 4.78 is 5.10. The van der Waals surface area contributed by atoms with E-state index >= 15 is 0 Å². The molecule has 0 radical (unpaired) electrons. The number of anilines is 1. The van der Waals surface area contributed by atoms with Gasteiger partial charge in [0.15, 0.2) is 0 Å². The van der Waals surface area contributed by atoms with Gasteiger partial charge in [0.2, 0.25) is 5.91 Å². The van der Waals surface area contributed by atoms with Gasteiger partial charge in [-0.05, 0) is 61.6 Å². The van der Waals surface area contributed by atoms with Crippen LogP contribution in [0, 0.1) is 11.8 Å². The third-order valence-electron chi connectivity index (χ3n) is 4.33. The van der Waals surface area contributed by atoms with E-state index in [9.17, 15) is 9.59 Å². The van der Waals surface area contributed by atoms with E-state index in [2.05, 4.69) is 24.5 Å². The SMILES string of the molecule is COc1ccc(NC(=O)/C=C/[C@@H](CC(=O)[C@@H]2CCN2)CC(C)C)cc1. The van der Waals surface area contributed by atoms with E-state index in [1.54, 1.807) is 37.5 Å². The highest BCUT2D eigenvalue weighted by molar-refractivity contribution is 5.99. The summed E-state index contributed by atoms with van der Waals surface area (Å²) in [5.74, 6) is 1.37. The molecule has 1 aliphatic heterocycles. The molecule has 1 amide bonds. The van der Waals surface area contributed by atoms with Crippen LogP contribution in [0.1, 0.15) is 33.1 Å². The Morgan fingerprint density at radius 2 is 2.00 bits per heavy atom. The number of benzene rings is 1. The van der Waals surface area contributed by atoms with Crippen molar-refractivity contribution in [3.05, 3.63) is 36.4 Å². The van der Waals surface area contributed by atoms with Crippen LogP contribution in [0.4, 0.5) is 5.69 Å². The van der Waals surface area contributed by atoms with Crippen molar-refractivity contribution in [2.24, 2.45) is 11.8 Å². The van der Waals surface area contributed by atoms with Crippen molar-refractivity contribution in [2.75, 3.05) is 19.0 Å². The zero-order valence-electron chi connectivity index (χ0n) is 15.2. The Kier molecular flexibility index (Phi) is 7.19. The Morgan fingerprint density at radius 1 is 1.32 bits per heavy atom. The van der Waals surface area contributed by atoms with Gasteiger partial charge in [0, 0.05) is 12.1 Å². The van der Waals surface area contributed by atoms with E-state index in [0.717, 1.165) is 25.1 Å². The molecule has 0 spiro atoms. The lowest BCUT2D eigenvalue weighted by molar-refractivity contribution is -0.123. The molecule has 2 atom stereocenters. The fraction of sp³-hybridized carbons (Fsp3) is 0.500. The van der Waals surface area contributed by atoms with E-state index in [1.165, 1.54) is 0 Å². The lowest BCUT2D eigenvalue weighted by Gasteiger charge is -2.27. The lowest BCUT2D eigenvalue weighted by Crippen LogP contribution is -2.48. The highest BCUT2D eigenvalue weighted by Gasteiger charge is 2.26. The van der Waals surface area contributed by atoms with Crippen molar-refractivity contribution in [3.63, 3.8) is 0 Å². The van der Waals surface area contributed by atoms with E-state index in [1.807, 2.05) is 6.08 Å². The second-order valence-electron chi connectivity index (χ2n) is 6.93. The van der Waals surface area contributed by atoms with Crippen LogP contribution in [-0.2, 0) is 9.59 Å². The Balaban J connectivity index is 1.90. The molecule has 5 nitrogen and oxygen atoms in total. The molecule has 0 aliphatic carbocycles. The first-order valence-electron chi connectivity index (χ1n) is 8.87. The second-order valence-corrected chi connectivity index (χ2v) is 6.93. The first-order valence-corrected chi connectivity index (χ1v) is 8.87. The summed E-state index contributed by atoms with van der Waals surface area (Å²) in [7, 11) is 1.60. The molecule has 5 heteroatoms. The average Bonchev–Trinajstić information content (AvgIpc) is 2.51. The number of nitrogens with one attached hydrogen (secondary N) is 2. The van der Waals surface area contributed by atoms with E-state index < -0.39 is 0 Å². The zero-order chi connectivity index (χ0) is 18.2. The van der Waals surface area contributed by atoms with E-state index in [0.29, 0.717) is 18.0 Å². The molecule has 2 rings (SSSR count). The zero-order valence-corrected chi connectivity index (χ0v) is 15.2. The first kappa shape index (κ1) is 19.2. The van der Waals surface area contributed by atoms with Crippen LogP contribution in [0.2, 0.25) is 0 Å². The van der Waals surface area contributed by atoms with Crippen LogP contribution in [0.5, 0.6) is 5.75 Å². The Labute approximate surface area is 149 Å². The third-order valence-corrected chi connectivity index (χ3v) is 4.33. The summed E-state index contributed by atoms with van der Waals surface area (Å²) in [4.78, 5) is 24.3. The van der Waals surface area contributed by atoms with Crippen molar-refractivity contribution in [3.8, 4) is 5.75 Å². The molecule has 0 unspecified atom stereocenters. The molecule has 0 bridgehead atoms. The Morgan fingerprint density at radius 3 is 2.52 bits per heavy atom. The standard InChI is InChI=1S/C20H28N2O3/c1-14(2)12-15(13-19(23)18-10-11-21-18)4-9-20(24)22-16-5-7-17(25-3)8-6-16/h4-9,14-15,18,21H,10-13H2,1-3H3,(H,22,24)/b9-4+/t15-,18+/m1/s1. The van der Waals surface area contributed by atoms with Crippen molar-refractivity contribution < 1.29 is 14.3 Å². The number of ketones is 1. The van der Waals surface area contributed by atoms with Crippen LogP contribution in [0.25, 0.3) is 0 Å². The van der Waals surface area contributed by atoms with Gasteiger partial charge in [-0.1, -0.05) is 19.9 Å². The molecule has 136 valence electrons. The Bertz CT molecular complexity index is 604. The number of Topliss-reactive ketones (excluding diaryl/α,β-unsaturated/α-hetero) is 1. The second kappa shape index (κ2) is 9.37. The lowest BCUT2D eigenvalue weighted by atomic mass is 9.88. The largest absolute Gasteiger partial charge is 0.497 e. The van der Waals surface area contributed by atoms with Crippen molar-refractivity contribution >= 4 is 17.4 Å². The monoisotopic (exact) mass is 344 g/mol. The summed E-state index contributed by atoms with van der Waals surface area (Å²) >= 11 is 0. The highest BCUT2D eigenvalue weighted by atomic mass is 16.5. The molecule has 1 aromatic carbocycles. The number of methoxy groups -OCH3 is 1. The molecule has 1 aliphatic rings.